The third kappa shape index (κ3) is 3.69. The molecule has 1 aromatic rings. The van der Waals surface area contributed by atoms with Crippen LogP contribution in [0.3, 0.4) is 0 Å². The van der Waals surface area contributed by atoms with Gasteiger partial charge in [-0.25, -0.2) is 0 Å². The van der Waals surface area contributed by atoms with Crippen LogP contribution in [0.25, 0.3) is 6.08 Å². The average Bonchev–Trinajstić information content (AvgIpc) is 2.05. The van der Waals surface area contributed by atoms with Crippen LogP contribution >= 0.6 is 0 Å². The first-order valence-electron chi connectivity index (χ1n) is 3.35. The standard InChI is InChI=1S/C9H8O.CH4.Al.Mo.3H/c1-2-6-9-8(4-1)5-3-7-10-9;;;;;;/h1-6H,7H2;1H4;;;;;. The molecule has 0 unspecified atom stereocenters. The van der Waals surface area contributed by atoms with Crippen molar-refractivity contribution in [3.8, 4) is 5.75 Å². The van der Waals surface area contributed by atoms with Crippen molar-refractivity contribution in [2.45, 2.75) is 7.43 Å². The normalized spacial score (nSPS) is 10.8. The summed E-state index contributed by atoms with van der Waals surface area (Å²) in [5.74, 6) is 0.991. The summed E-state index contributed by atoms with van der Waals surface area (Å²) in [6.07, 6.45) is 4.10. The van der Waals surface area contributed by atoms with Crippen molar-refractivity contribution in [1.29, 1.82) is 0 Å². The van der Waals surface area contributed by atoms with Gasteiger partial charge >= 0.3 is 0 Å². The molecule has 13 heavy (non-hydrogen) atoms. The number of para-hydroxylation sites is 1. The number of hydrogen-bond acceptors (Lipinski definition) is 1. The second kappa shape index (κ2) is 7.39. The summed E-state index contributed by atoms with van der Waals surface area (Å²) in [7, 11) is 0. The third-order valence-corrected chi connectivity index (χ3v) is 1.55. The number of rotatable bonds is 0. The Bertz CT molecular complexity index is 273. The van der Waals surface area contributed by atoms with Crippen LogP contribution in [0.4, 0.5) is 0 Å². The molecule has 0 aliphatic carbocycles. The molecule has 1 aromatic carbocycles. The van der Waals surface area contributed by atoms with Gasteiger partial charge in [0.2, 0.25) is 0 Å². The second-order valence-electron chi connectivity index (χ2n) is 2.25. The number of hydrogen-bond donors (Lipinski definition) is 0. The molecule has 3 heteroatoms. The van der Waals surface area contributed by atoms with Crippen LogP contribution in [0.2, 0.25) is 0 Å². The molecule has 2 rings (SSSR count). The molecule has 0 fully saturated rings. The zero-order valence-electron chi connectivity index (χ0n) is 5.99. The molecule has 0 atom stereocenters. The molecular weight excluding hydrogens is 259 g/mol. The van der Waals surface area contributed by atoms with Crippen LogP contribution in [-0.2, 0) is 21.1 Å². The summed E-state index contributed by atoms with van der Waals surface area (Å²) < 4.78 is 5.34. The Kier molecular flexibility index (Phi) is 8.79. The Hall–Kier alpha value is -0.0192. The summed E-state index contributed by atoms with van der Waals surface area (Å²) in [4.78, 5) is 0. The van der Waals surface area contributed by atoms with Gasteiger partial charge in [-0.3, -0.25) is 0 Å². The van der Waals surface area contributed by atoms with Crippen molar-refractivity contribution < 1.29 is 25.8 Å². The van der Waals surface area contributed by atoms with Crippen LogP contribution in [0.1, 0.15) is 13.0 Å². The quantitative estimate of drug-likeness (QED) is 0.652. The molecule has 70 valence electrons. The summed E-state index contributed by atoms with van der Waals surface area (Å²) in [5.41, 5.74) is 1.17. The van der Waals surface area contributed by atoms with Gasteiger partial charge < -0.3 is 4.74 Å². The first-order chi connectivity index (χ1) is 4.97. The zero-order valence-corrected chi connectivity index (χ0v) is 7.99. The van der Waals surface area contributed by atoms with E-state index in [9.17, 15) is 0 Å². The Labute approximate surface area is 105 Å². The van der Waals surface area contributed by atoms with E-state index in [1.54, 1.807) is 0 Å². The number of ether oxygens (including phenoxy) is 1. The van der Waals surface area contributed by atoms with Gasteiger partial charge in [0.15, 0.2) is 17.4 Å². The predicted octanol–water partition coefficient (Wildman–Crippen LogP) is 1.54. The number of benzene rings is 1. The first kappa shape index (κ1) is 15.5. The number of fused-ring (bicyclic) bond motifs is 1. The molecule has 1 aliphatic heterocycles. The fourth-order valence-electron chi connectivity index (χ4n) is 1.06. The van der Waals surface area contributed by atoms with Gasteiger partial charge in [0.25, 0.3) is 0 Å². The summed E-state index contributed by atoms with van der Waals surface area (Å²) in [6.45, 7) is 0.705. The van der Waals surface area contributed by atoms with Gasteiger partial charge in [-0.15, -0.1) is 0 Å². The van der Waals surface area contributed by atoms with Crippen molar-refractivity contribution in [1.82, 2.24) is 0 Å². The van der Waals surface area contributed by atoms with Crippen molar-refractivity contribution in [2.24, 2.45) is 0 Å². The topological polar surface area (TPSA) is 9.23 Å². The van der Waals surface area contributed by atoms with Gasteiger partial charge in [-0.2, -0.15) is 0 Å². The Balaban J connectivity index is 0. The minimum Gasteiger partial charge on any atom is -0.489 e. The smallest absolute Gasteiger partial charge is 0.187 e. The van der Waals surface area contributed by atoms with E-state index in [-0.39, 0.29) is 45.9 Å². The summed E-state index contributed by atoms with van der Waals surface area (Å²) in [6, 6.07) is 8.03. The van der Waals surface area contributed by atoms with Gasteiger partial charge in [0.05, 0.1) is 0 Å². The maximum absolute atomic E-state index is 5.34. The average molecular weight is 274 g/mol. The molecule has 0 saturated heterocycles. The molecular formula is C10H15AlMoO. The molecule has 0 bridgehead atoms. The monoisotopic (exact) mass is 276 g/mol. The predicted molar refractivity (Wildman–Crippen MR) is 57.6 cm³/mol. The van der Waals surface area contributed by atoms with Crippen LogP contribution in [0, 0.1) is 0 Å². The van der Waals surface area contributed by atoms with E-state index in [1.165, 1.54) is 5.56 Å². The molecule has 0 radical (unpaired) electrons. The van der Waals surface area contributed by atoms with Crippen molar-refractivity contribution >= 4 is 23.4 Å². The van der Waals surface area contributed by atoms with Crippen molar-refractivity contribution in [3.63, 3.8) is 0 Å². The molecule has 1 nitrogen and oxygen atoms in total. The van der Waals surface area contributed by atoms with Gasteiger partial charge in [-0.05, 0) is 12.1 Å². The summed E-state index contributed by atoms with van der Waals surface area (Å²) >= 11 is 0. The molecule has 1 aliphatic rings. The fourth-order valence-corrected chi connectivity index (χ4v) is 1.06. The van der Waals surface area contributed by atoms with Crippen molar-refractivity contribution in [2.75, 3.05) is 6.61 Å². The van der Waals surface area contributed by atoms with Gasteiger partial charge in [0.1, 0.15) is 12.4 Å². The van der Waals surface area contributed by atoms with E-state index in [4.69, 9.17) is 4.74 Å². The van der Waals surface area contributed by atoms with Crippen LogP contribution in [-0.4, -0.2) is 24.0 Å². The largest absolute Gasteiger partial charge is 0.489 e. The second-order valence-corrected chi connectivity index (χ2v) is 2.25. The molecule has 1 heterocycles. The maximum Gasteiger partial charge on any atom is 0.187 e. The van der Waals surface area contributed by atoms with Crippen LogP contribution < -0.4 is 4.74 Å². The van der Waals surface area contributed by atoms with Crippen molar-refractivity contribution in [3.05, 3.63) is 35.9 Å². The van der Waals surface area contributed by atoms with E-state index in [0.717, 1.165) is 5.75 Å². The van der Waals surface area contributed by atoms with E-state index in [2.05, 4.69) is 6.08 Å². The van der Waals surface area contributed by atoms with Crippen LogP contribution in [0.15, 0.2) is 30.3 Å². The minimum absolute atomic E-state index is 0. The Morgan fingerprint density at radius 2 is 1.85 bits per heavy atom. The van der Waals surface area contributed by atoms with Crippen LogP contribution in [0.5, 0.6) is 5.75 Å². The SMILES string of the molecule is C.C1=Cc2ccccc2OC1.[AlH3].[Mo]. The molecule has 0 saturated carbocycles. The molecule has 0 amide bonds. The maximum atomic E-state index is 5.34. The molecule has 0 aromatic heterocycles. The minimum atomic E-state index is 0. The molecule has 0 N–H and O–H groups in total. The van der Waals surface area contributed by atoms with E-state index >= 15 is 0 Å². The van der Waals surface area contributed by atoms with Gasteiger partial charge in [0, 0.05) is 26.6 Å². The Morgan fingerprint density at radius 3 is 2.54 bits per heavy atom. The van der Waals surface area contributed by atoms with Gasteiger partial charge in [-0.1, -0.05) is 31.7 Å². The zero-order chi connectivity index (χ0) is 6.81. The fraction of sp³-hybridized carbons (Fsp3) is 0.200. The van der Waals surface area contributed by atoms with E-state index in [0.29, 0.717) is 6.61 Å². The molecule has 0 spiro atoms. The Morgan fingerprint density at radius 1 is 1.15 bits per heavy atom. The third-order valence-electron chi connectivity index (χ3n) is 1.55. The van der Waals surface area contributed by atoms with E-state index < -0.39 is 0 Å². The van der Waals surface area contributed by atoms with E-state index in [1.807, 2.05) is 30.3 Å². The first-order valence-corrected chi connectivity index (χ1v) is 3.35. The summed E-state index contributed by atoms with van der Waals surface area (Å²) in [5, 5.41) is 0.